The average molecular weight is 406 g/mol. The largest absolute Gasteiger partial charge is 0.506 e. The van der Waals surface area contributed by atoms with Gasteiger partial charge in [0.2, 0.25) is 0 Å². The molecule has 6 rings (SSSR count). The van der Waals surface area contributed by atoms with E-state index in [0.717, 1.165) is 27.6 Å². The number of aromatic amines is 2. The first-order chi connectivity index (χ1) is 15.3. The number of H-pyrrole nitrogens is 2. The topological polar surface area (TPSA) is 129 Å². The van der Waals surface area contributed by atoms with Gasteiger partial charge in [0.25, 0.3) is 0 Å². The number of aromatic nitrogens is 8. The Hall–Kier alpha value is -4.66. The van der Waals surface area contributed by atoms with Crippen LogP contribution in [0.25, 0.3) is 56.1 Å². The summed E-state index contributed by atoms with van der Waals surface area (Å²) in [5.41, 5.74) is 5.83. The van der Waals surface area contributed by atoms with Crippen LogP contribution in [0.5, 0.6) is 5.75 Å². The van der Waals surface area contributed by atoms with E-state index in [0.29, 0.717) is 28.5 Å². The summed E-state index contributed by atoms with van der Waals surface area (Å²) >= 11 is 0. The average Bonchev–Trinajstić information content (AvgIpc) is 3.43. The van der Waals surface area contributed by atoms with Gasteiger partial charge >= 0.3 is 0 Å². The maximum absolute atomic E-state index is 9.75. The lowest BCUT2D eigenvalue weighted by Gasteiger charge is -2.01. The lowest BCUT2D eigenvalue weighted by Crippen LogP contribution is -1.88. The molecule has 0 bridgehead atoms. The van der Waals surface area contributed by atoms with Gasteiger partial charge < -0.3 is 10.1 Å². The lowest BCUT2D eigenvalue weighted by atomic mass is 10.1. The molecular formula is C22H14N8O. The number of imidazole rings is 1. The molecule has 148 valence electrons. The Bertz CT molecular complexity index is 1550. The van der Waals surface area contributed by atoms with Gasteiger partial charge in [-0.05, 0) is 30.3 Å². The van der Waals surface area contributed by atoms with Crippen molar-refractivity contribution in [2.24, 2.45) is 0 Å². The van der Waals surface area contributed by atoms with Crippen molar-refractivity contribution in [3.05, 3.63) is 67.4 Å². The van der Waals surface area contributed by atoms with Crippen LogP contribution in [0.3, 0.4) is 0 Å². The first-order valence-corrected chi connectivity index (χ1v) is 9.51. The molecular weight excluding hydrogens is 392 g/mol. The molecule has 0 spiro atoms. The quantitative estimate of drug-likeness (QED) is 0.408. The third-order valence-corrected chi connectivity index (χ3v) is 5.00. The summed E-state index contributed by atoms with van der Waals surface area (Å²) in [6.07, 6.45) is 8.20. The van der Waals surface area contributed by atoms with E-state index in [9.17, 15) is 5.11 Å². The summed E-state index contributed by atoms with van der Waals surface area (Å²) in [5, 5.41) is 18.1. The predicted molar refractivity (Wildman–Crippen MR) is 115 cm³/mol. The van der Waals surface area contributed by atoms with Gasteiger partial charge in [-0.25, -0.2) is 4.98 Å². The molecule has 0 aliphatic carbocycles. The molecule has 3 N–H and O–H groups in total. The second kappa shape index (κ2) is 6.70. The molecule has 0 aliphatic heterocycles. The van der Waals surface area contributed by atoms with Crippen molar-refractivity contribution in [2.45, 2.75) is 0 Å². The number of fused-ring (bicyclic) bond motifs is 2. The molecule has 9 nitrogen and oxygen atoms in total. The zero-order chi connectivity index (χ0) is 20.8. The van der Waals surface area contributed by atoms with Crippen LogP contribution in [-0.2, 0) is 0 Å². The molecule has 9 heteroatoms. The van der Waals surface area contributed by atoms with Gasteiger partial charge in [-0.2, -0.15) is 5.10 Å². The minimum Gasteiger partial charge on any atom is -0.506 e. The number of aromatic hydroxyl groups is 1. The van der Waals surface area contributed by atoms with E-state index >= 15 is 0 Å². The third-order valence-electron chi connectivity index (χ3n) is 5.00. The molecule has 0 aromatic carbocycles. The monoisotopic (exact) mass is 406 g/mol. The van der Waals surface area contributed by atoms with E-state index in [2.05, 4.69) is 35.1 Å². The molecule has 0 amide bonds. The zero-order valence-electron chi connectivity index (χ0n) is 16.0. The van der Waals surface area contributed by atoms with Gasteiger partial charge in [-0.3, -0.25) is 25.0 Å². The molecule has 0 saturated heterocycles. The van der Waals surface area contributed by atoms with Crippen molar-refractivity contribution in [2.75, 3.05) is 0 Å². The van der Waals surface area contributed by atoms with Crippen LogP contribution in [0.15, 0.2) is 67.4 Å². The molecule has 6 aromatic heterocycles. The molecule has 0 atom stereocenters. The van der Waals surface area contributed by atoms with E-state index in [1.165, 1.54) is 6.20 Å². The Kier molecular flexibility index (Phi) is 3.72. The third kappa shape index (κ3) is 2.87. The number of rotatable bonds is 3. The highest BCUT2D eigenvalue weighted by Crippen LogP contribution is 2.31. The van der Waals surface area contributed by atoms with Crippen LogP contribution in [0.1, 0.15) is 0 Å². The van der Waals surface area contributed by atoms with Crippen LogP contribution in [-0.4, -0.2) is 45.2 Å². The Balaban J connectivity index is 1.51. The maximum Gasteiger partial charge on any atom is 0.159 e. The van der Waals surface area contributed by atoms with Crippen LogP contribution < -0.4 is 0 Å². The van der Waals surface area contributed by atoms with Gasteiger partial charge in [0, 0.05) is 29.5 Å². The van der Waals surface area contributed by atoms with Gasteiger partial charge in [0.05, 0.1) is 34.8 Å². The summed E-state index contributed by atoms with van der Waals surface area (Å²) in [4.78, 5) is 25.5. The van der Waals surface area contributed by atoms with Crippen molar-refractivity contribution in [3.63, 3.8) is 0 Å². The van der Waals surface area contributed by atoms with Crippen molar-refractivity contribution in [1.29, 1.82) is 0 Å². The van der Waals surface area contributed by atoms with Crippen LogP contribution >= 0.6 is 0 Å². The Morgan fingerprint density at radius 1 is 0.806 bits per heavy atom. The minimum absolute atomic E-state index is 0.0821. The van der Waals surface area contributed by atoms with Crippen molar-refractivity contribution >= 4 is 21.9 Å². The van der Waals surface area contributed by atoms with E-state index in [-0.39, 0.29) is 5.75 Å². The lowest BCUT2D eigenvalue weighted by molar-refractivity contribution is 0.473. The molecule has 6 heterocycles. The molecule has 6 aromatic rings. The van der Waals surface area contributed by atoms with E-state index in [4.69, 9.17) is 4.98 Å². The number of hydrogen-bond acceptors (Lipinski definition) is 7. The summed E-state index contributed by atoms with van der Waals surface area (Å²) in [6.45, 7) is 0. The number of hydrogen-bond donors (Lipinski definition) is 3. The Morgan fingerprint density at radius 3 is 2.65 bits per heavy atom. The van der Waals surface area contributed by atoms with Crippen molar-refractivity contribution in [1.82, 2.24) is 40.1 Å². The molecule has 31 heavy (non-hydrogen) atoms. The van der Waals surface area contributed by atoms with Crippen molar-refractivity contribution < 1.29 is 5.11 Å². The molecule has 0 fully saturated rings. The summed E-state index contributed by atoms with van der Waals surface area (Å²) in [7, 11) is 0. The number of nitrogens with zero attached hydrogens (tertiary/aromatic N) is 6. The summed E-state index contributed by atoms with van der Waals surface area (Å²) < 4.78 is 0. The highest BCUT2D eigenvalue weighted by Gasteiger charge is 2.17. The second-order valence-corrected chi connectivity index (χ2v) is 6.98. The van der Waals surface area contributed by atoms with Gasteiger partial charge in [0.1, 0.15) is 22.7 Å². The first kappa shape index (κ1) is 17.2. The molecule has 0 aliphatic rings. The standard InChI is InChI=1S/C22H14N8O/c31-13-7-12(9-23-10-13)17-8-14-18(11-26-17)29-30-19(14)22-27-16-4-6-25-20(21(16)28-22)15-3-1-2-5-24-15/h1-11,31H,(H,27,28)(H,29,30). The minimum atomic E-state index is 0.0821. The predicted octanol–water partition coefficient (Wildman–Crippen LogP) is 3.73. The number of nitrogens with one attached hydrogen (secondary N) is 2. The second-order valence-electron chi connectivity index (χ2n) is 6.98. The van der Waals surface area contributed by atoms with Crippen molar-refractivity contribution in [3.8, 4) is 39.9 Å². The highest BCUT2D eigenvalue weighted by molar-refractivity contribution is 5.96. The summed E-state index contributed by atoms with van der Waals surface area (Å²) in [6, 6.07) is 11.1. The van der Waals surface area contributed by atoms with E-state index in [1.807, 2.05) is 30.3 Å². The van der Waals surface area contributed by atoms with Crippen LogP contribution in [0.4, 0.5) is 0 Å². The van der Waals surface area contributed by atoms with E-state index in [1.54, 1.807) is 30.9 Å². The SMILES string of the molecule is Oc1cncc(-c2cc3c(-c4nc5c(-c6ccccn6)nccc5[nH]4)n[nH]c3cn2)c1. The molecule has 0 unspecified atom stereocenters. The normalized spacial score (nSPS) is 11.4. The molecule has 0 radical (unpaired) electrons. The fourth-order valence-corrected chi connectivity index (χ4v) is 3.56. The van der Waals surface area contributed by atoms with E-state index < -0.39 is 0 Å². The number of pyridine rings is 4. The Morgan fingerprint density at radius 2 is 1.77 bits per heavy atom. The zero-order valence-corrected chi connectivity index (χ0v) is 16.0. The van der Waals surface area contributed by atoms with Gasteiger partial charge in [-0.1, -0.05) is 6.07 Å². The fraction of sp³-hybridized carbons (Fsp3) is 0. The van der Waals surface area contributed by atoms with Crippen LogP contribution in [0, 0.1) is 0 Å². The fourth-order valence-electron chi connectivity index (χ4n) is 3.56. The smallest absolute Gasteiger partial charge is 0.159 e. The molecule has 0 saturated carbocycles. The maximum atomic E-state index is 9.75. The van der Waals surface area contributed by atoms with Crippen LogP contribution in [0.2, 0.25) is 0 Å². The highest BCUT2D eigenvalue weighted by atomic mass is 16.3. The first-order valence-electron chi connectivity index (χ1n) is 9.51. The Labute approximate surface area is 174 Å². The van der Waals surface area contributed by atoms with Gasteiger partial charge in [0.15, 0.2) is 5.82 Å². The summed E-state index contributed by atoms with van der Waals surface area (Å²) in [5.74, 6) is 0.691. The van der Waals surface area contributed by atoms with Gasteiger partial charge in [-0.15, -0.1) is 0 Å².